The second-order valence-electron chi connectivity index (χ2n) is 3.51. The third-order valence-electron chi connectivity index (χ3n) is 2.30. The summed E-state index contributed by atoms with van der Waals surface area (Å²) >= 11 is 0. The molecule has 0 saturated heterocycles. The summed E-state index contributed by atoms with van der Waals surface area (Å²) in [6, 6.07) is 9.43. The van der Waals surface area contributed by atoms with Gasteiger partial charge >= 0.3 is 0 Å². The smallest absolute Gasteiger partial charge is 0.159 e. The van der Waals surface area contributed by atoms with Gasteiger partial charge in [0.15, 0.2) is 5.78 Å². The molecule has 2 aromatic rings. The number of ketones is 1. The fraction of sp³-hybridized carbons (Fsp3) is 0.167. The van der Waals surface area contributed by atoms with Crippen LogP contribution in [0.4, 0.5) is 0 Å². The van der Waals surface area contributed by atoms with E-state index in [2.05, 4.69) is 5.10 Å². The molecule has 0 bridgehead atoms. The molecule has 1 heterocycles. The minimum Gasteiger partial charge on any atom is -0.295 e. The number of carbonyl (C=O) groups is 1. The highest BCUT2D eigenvalue weighted by molar-refractivity contribution is 5.94. The Morgan fingerprint density at radius 1 is 1.20 bits per heavy atom. The van der Waals surface area contributed by atoms with Gasteiger partial charge < -0.3 is 0 Å². The maximum atomic E-state index is 11.1. The first-order valence-electron chi connectivity index (χ1n) is 4.78. The van der Waals surface area contributed by atoms with Gasteiger partial charge in [-0.2, -0.15) is 5.10 Å². The summed E-state index contributed by atoms with van der Waals surface area (Å²) in [5.41, 5.74) is 2.68. The van der Waals surface area contributed by atoms with Gasteiger partial charge in [-0.3, -0.25) is 9.48 Å². The molecule has 0 saturated carbocycles. The van der Waals surface area contributed by atoms with Crippen molar-refractivity contribution in [2.24, 2.45) is 7.05 Å². The predicted octanol–water partition coefficient (Wildman–Crippen LogP) is 2.29. The number of carbonyl (C=O) groups excluding carboxylic acids is 1. The number of aromatic nitrogens is 2. The van der Waals surface area contributed by atoms with Crippen LogP contribution >= 0.6 is 0 Å². The molecule has 1 aromatic carbocycles. The van der Waals surface area contributed by atoms with E-state index < -0.39 is 0 Å². The second kappa shape index (κ2) is 3.69. The zero-order chi connectivity index (χ0) is 10.8. The van der Waals surface area contributed by atoms with Crippen LogP contribution in [0.2, 0.25) is 0 Å². The first-order chi connectivity index (χ1) is 7.16. The standard InChI is InChI=1S/C12H12N2O/c1-9(15)10-3-5-11(6-4-10)12-7-8-14(2)13-12/h3-8H,1-2H3. The van der Waals surface area contributed by atoms with Gasteiger partial charge in [0.05, 0.1) is 5.69 Å². The van der Waals surface area contributed by atoms with Gasteiger partial charge in [0.2, 0.25) is 0 Å². The topological polar surface area (TPSA) is 34.9 Å². The summed E-state index contributed by atoms with van der Waals surface area (Å²) in [7, 11) is 1.88. The van der Waals surface area contributed by atoms with Gasteiger partial charge in [0.25, 0.3) is 0 Å². The molecule has 0 fully saturated rings. The molecule has 0 N–H and O–H groups in total. The maximum Gasteiger partial charge on any atom is 0.159 e. The fourth-order valence-corrected chi connectivity index (χ4v) is 1.44. The molecule has 0 aliphatic rings. The Bertz CT molecular complexity index is 483. The third kappa shape index (κ3) is 1.96. The van der Waals surface area contributed by atoms with Crippen LogP contribution < -0.4 is 0 Å². The molecule has 0 aliphatic carbocycles. The van der Waals surface area contributed by atoms with Crippen molar-refractivity contribution < 1.29 is 4.79 Å². The Morgan fingerprint density at radius 3 is 2.33 bits per heavy atom. The number of benzene rings is 1. The quantitative estimate of drug-likeness (QED) is 0.697. The van der Waals surface area contributed by atoms with Crippen molar-refractivity contribution in [1.82, 2.24) is 9.78 Å². The number of Topliss-reactive ketones (excluding diaryl/α,β-unsaturated/α-hetero) is 1. The van der Waals surface area contributed by atoms with Crippen LogP contribution in [0, 0.1) is 0 Å². The van der Waals surface area contributed by atoms with E-state index in [-0.39, 0.29) is 5.78 Å². The van der Waals surface area contributed by atoms with Crippen molar-refractivity contribution in [3.8, 4) is 11.3 Å². The number of rotatable bonds is 2. The minimum atomic E-state index is 0.0857. The molecule has 0 spiro atoms. The lowest BCUT2D eigenvalue weighted by atomic mass is 10.1. The van der Waals surface area contributed by atoms with E-state index in [4.69, 9.17) is 0 Å². The fourth-order valence-electron chi connectivity index (χ4n) is 1.44. The monoisotopic (exact) mass is 200 g/mol. The van der Waals surface area contributed by atoms with Crippen LogP contribution in [0.25, 0.3) is 11.3 Å². The summed E-state index contributed by atoms with van der Waals surface area (Å²) in [4.78, 5) is 11.1. The highest BCUT2D eigenvalue weighted by Gasteiger charge is 2.02. The average Bonchev–Trinajstić information content (AvgIpc) is 2.65. The molecule has 3 nitrogen and oxygen atoms in total. The maximum absolute atomic E-state index is 11.1. The lowest BCUT2D eigenvalue weighted by Gasteiger charge is -1.98. The highest BCUT2D eigenvalue weighted by atomic mass is 16.1. The second-order valence-corrected chi connectivity index (χ2v) is 3.51. The lowest BCUT2D eigenvalue weighted by Crippen LogP contribution is -1.91. The van der Waals surface area contributed by atoms with Gasteiger partial charge in [-0.15, -0.1) is 0 Å². The minimum absolute atomic E-state index is 0.0857. The van der Waals surface area contributed by atoms with Crippen molar-refractivity contribution in [3.05, 3.63) is 42.1 Å². The van der Waals surface area contributed by atoms with Gasteiger partial charge in [-0.05, 0) is 13.0 Å². The Hall–Kier alpha value is -1.90. The lowest BCUT2D eigenvalue weighted by molar-refractivity contribution is 0.101. The highest BCUT2D eigenvalue weighted by Crippen LogP contribution is 2.17. The van der Waals surface area contributed by atoms with Gasteiger partial charge in [-0.25, -0.2) is 0 Å². The molecule has 0 radical (unpaired) electrons. The Morgan fingerprint density at radius 2 is 1.87 bits per heavy atom. The van der Waals surface area contributed by atoms with Gasteiger partial charge in [0.1, 0.15) is 0 Å². The number of hydrogen-bond acceptors (Lipinski definition) is 2. The summed E-state index contributed by atoms with van der Waals surface area (Å²) in [6.45, 7) is 1.57. The molecule has 0 atom stereocenters. The van der Waals surface area contributed by atoms with E-state index in [1.54, 1.807) is 11.6 Å². The number of hydrogen-bond donors (Lipinski definition) is 0. The van der Waals surface area contributed by atoms with Crippen LogP contribution in [0.1, 0.15) is 17.3 Å². The molecule has 1 aromatic heterocycles. The van der Waals surface area contributed by atoms with Crippen molar-refractivity contribution in [2.75, 3.05) is 0 Å². The average molecular weight is 200 g/mol. The van der Waals surface area contributed by atoms with Crippen LogP contribution in [0.3, 0.4) is 0 Å². The molecule has 0 unspecified atom stereocenters. The molecule has 0 amide bonds. The summed E-state index contributed by atoms with van der Waals surface area (Å²) in [5, 5.41) is 4.29. The van der Waals surface area contributed by atoms with Crippen LogP contribution in [-0.4, -0.2) is 15.6 Å². The number of aryl methyl sites for hydroxylation is 1. The third-order valence-corrected chi connectivity index (χ3v) is 2.30. The summed E-state index contributed by atoms with van der Waals surface area (Å²) in [5.74, 6) is 0.0857. The van der Waals surface area contributed by atoms with E-state index in [1.165, 1.54) is 0 Å². The zero-order valence-electron chi connectivity index (χ0n) is 8.77. The van der Waals surface area contributed by atoms with Crippen molar-refractivity contribution >= 4 is 5.78 Å². The van der Waals surface area contributed by atoms with E-state index in [9.17, 15) is 4.79 Å². The molecule has 15 heavy (non-hydrogen) atoms. The van der Waals surface area contributed by atoms with Crippen molar-refractivity contribution in [3.63, 3.8) is 0 Å². The first kappa shape index (κ1) is 9.65. The Labute approximate surface area is 88.4 Å². The van der Waals surface area contributed by atoms with Crippen LogP contribution in [-0.2, 0) is 7.05 Å². The molecular formula is C12H12N2O. The van der Waals surface area contributed by atoms with Crippen LogP contribution in [0.15, 0.2) is 36.5 Å². The van der Waals surface area contributed by atoms with E-state index in [0.29, 0.717) is 0 Å². The normalized spacial score (nSPS) is 10.3. The van der Waals surface area contributed by atoms with Gasteiger partial charge in [-0.1, -0.05) is 24.3 Å². The number of nitrogens with zero attached hydrogens (tertiary/aromatic N) is 2. The Kier molecular flexibility index (Phi) is 2.37. The van der Waals surface area contributed by atoms with E-state index in [0.717, 1.165) is 16.8 Å². The molecular weight excluding hydrogens is 188 g/mol. The molecule has 2 rings (SSSR count). The van der Waals surface area contributed by atoms with E-state index in [1.807, 2.05) is 43.6 Å². The van der Waals surface area contributed by atoms with Gasteiger partial charge in [0, 0.05) is 24.4 Å². The van der Waals surface area contributed by atoms with Crippen molar-refractivity contribution in [1.29, 1.82) is 0 Å². The first-order valence-corrected chi connectivity index (χ1v) is 4.78. The SMILES string of the molecule is CC(=O)c1ccc(-c2ccn(C)n2)cc1. The molecule has 0 aliphatic heterocycles. The van der Waals surface area contributed by atoms with Crippen molar-refractivity contribution in [2.45, 2.75) is 6.92 Å². The predicted molar refractivity (Wildman–Crippen MR) is 58.6 cm³/mol. The molecule has 3 heteroatoms. The van der Waals surface area contributed by atoms with E-state index >= 15 is 0 Å². The zero-order valence-corrected chi connectivity index (χ0v) is 8.77. The largest absolute Gasteiger partial charge is 0.295 e. The summed E-state index contributed by atoms with van der Waals surface area (Å²) < 4.78 is 1.76. The van der Waals surface area contributed by atoms with Crippen LogP contribution in [0.5, 0.6) is 0 Å². The Balaban J connectivity index is 2.35. The molecule has 76 valence electrons. The summed E-state index contributed by atoms with van der Waals surface area (Å²) in [6.07, 6.45) is 1.90.